The van der Waals surface area contributed by atoms with Crippen molar-refractivity contribution in [1.82, 2.24) is 0 Å². The molecule has 19 heavy (non-hydrogen) atoms. The zero-order valence-electron chi connectivity index (χ0n) is 11.2. The summed E-state index contributed by atoms with van der Waals surface area (Å²) in [4.78, 5) is 12.4. The van der Waals surface area contributed by atoms with Gasteiger partial charge in [0, 0.05) is 15.6 Å². The first-order chi connectivity index (χ1) is 9.11. The molecule has 0 heterocycles. The van der Waals surface area contributed by atoms with Gasteiger partial charge in [0.25, 0.3) is 0 Å². The third kappa shape index (κ3) is 3.32. The molecular weight excluding hydrogens is 300 g/mol. The molecule has 2 rings (SSSR count). The zero-order chi connectivity index (χ0) is 13.8. The Kier molecular flexibility index (Phi) is 4.54. The van der Waals surface area contributed by atoms with Crippen LogP contribution in [-0.2, 0) is 6.42 Å². The molecule has 2 aromatic carbocycles. The standard InChI is InChI=1S/C17H17BrO/c1-3-4-13-5-7-14(8-6-13)17(19)16-10-9-15(18)11-12(16)2/h5-11H,3-4H2,1-2H3. The Morgan fingerprint density at radius 2 is 1.79 bits per heavy atom. The molecule has 0 spiro atoms. The van der Waals surface area contributed by atoms with Gasteiger partial charge in [-0.3, -0.25) is 4.79 Å². The highest BCUT2D eigenvalue weighted by molar-refractivity contribution is 9.10. The lowest BCUT2D eigenvalue weighted by atomic mass is 9.98. The largest absolute Gasteiger partial charge is 0.289 e. The molecule has 0 bridgehead atoms. The summed E-state index contributed by atoms with van der Waals surface area (Å²) in [6.45, 7) is 4.12. The van der Waals surface area contributed by atoms with Gasteiger partial charge >= 0.3 is 0 Å². The van der Waals surface area contributed by atoms with E-state index >= 15 is 0 Å². The number of rotatable bonds is 4. The Morgan fingerprint density at radius 1 is 1.11 bits per heavy atom. The van der Waals surface area contributed by atoms with Crippen molar-refractivity contribution < 1.29 is 4.79 Å². The van der Waals surface area contributed by atoms with E-state index in [0.29, 0.717) is 0 Å². The van der Waals surface area contributed by atoms with Crippen LogP contribution in [0.1, 0.15) is 40.4 Å². The second kappa shape index (κ2) is 6.16. The van der Waals surface area contributed by atoms with Crippen LogP contribution in [0.4, 0.5) is 0 Å². The lowest BCUT2D eigenvalue weighted by Crippen LogP contribution is -2.03. The van der Waals surface area contributed by atoms with E-state index in [2.05, 4.69) is 22.9 Å². The monoisotopic (exact) mass is 316 g/mol. The van der Waals surface area contributed by atoms with Crippen molar-refractivity contribution in [1.29, 1.82) is 0 Å². The molecule has 0 aromatic heterocycles. The summed E-state index contributed by atoms with van der Waals surface area (Å²) in [6, 6.07) is 13.7. The van der Waals surface area contributed by atoms with Gasteiger partial charge in [-0.2, -0.15) is 0 Å². The summed E-state index contributed by atoms with van der Waals surface area (Å²) < 4.78 is 1.000. The van der Waals surface area contributed by atoms with E-state index in [0.717, 1.165) is 34.0 Å². The minimum Gasteiger partial charge on any atom is -0.289 e. The Bertz CT molecular complexity index is 585. The number of carbonyl (C=O) groups is 1. The highest BCUT2D eigenvalue weighted by Crippen LogP contribution is 2.19. The van der Waals surface area contributed by atoms with Gasteiger partial charge in [-0.25, -0.2) is 0 Å². The molecule has 2 aromatic rings. The maximum atomic E-state index is 12.4. The molecule has 0 atom stereocenters. The van der Waals surface area contributed by atoms with Crippen LogP contribution in [0.3, 0.4) is 0 Å². The lowest BCUT2D eigenvalue weighted by Gasteiger charge is -2.06. The Hall–Kier alpha value is -1.41. The minimum atomic E-state index is 0.0908. The van der Waals surface area contributed by atoms with Crippen LogP contribution in [0, 0.1) is 6.92 Å². The molecule has 98 valence electrons. The average molecular weight is 317 g/mol. The molecule has 0 aliphatic carbocycles. The van der Waals surface area contributed by atoms with E-state index in [9.17, 15) is 4.79 Å². The summed E-state index contributed by atoms with van der Waals surface area (Å²) in [7, 11) is 0. The zero-order valence-corrected chi connectivity index (χ0v) is 12.8. The first-order valence-corrected chi connectivity index (χ1v) is 7.31. The number of ketones is 1. The summed E-state index contributed by atoms with van der Waals surface area (Å²) in [5.74, 6) is 0.0908. The van der Waals surface area contributed by atoms with Crippen LogP contribution in [0.25, 0.3) is 0 Å². The Morgan fingerprint density at radius 3 is 2.37 bits per heavy atom. The van der Waals surface area contributed by atoms with Gasteiger partial charge in [-0.15, -0.1) is 0 Å². The molecule has 0 aliphatic rings. The molecule has 1 nitrogen and oxygen atoms in total. The first kappa shape index (κ1) is 14.0. The van der Waals surface area contributed by atoms with E-state index in [-0.39, 0.29) is 5.78 Å². The van der Waals surface area contributed by atoms with Crippen molar-refractivity contribution in [3.8, 4) is 0 Å². The van der Waals surface area contributed by atoms with Gasteiger partial charge < -0.3 is 0 Å². The van der Waals surface area contributed by atoms with Crippen molar-refractivity contribution in [2.45, 2.75) is 26.7 Å². The highest BCUT2D eigenvalue weighted by Gasteiger charge is 2.11. The molecule has 0 saturated carbocycles. The smallest absolute Gasteiger partial charge is 0.193 e. The van der Waals surface area contributed by atoms with Crippen LogP contribution < -0.4 is 0 Å². The molecular formula is C17H17BrO. The molecule has 2 heteroatoms. The van der Waals surface area contributed by atoms with Gasteiger partial charge in [-0.1, -0.05) is 53.5 Å². The fraction of sp³-hybridized carbons (Fsp3) is 0.235. The Balaban J connectivity index is 2.28. The predicted octanol–water partition coefficient (Wildman–Crippen LogP) is 4.94. The second-order valence-corrected chi connectivity index (χ2v) is 5.65. The number of aryl methyl sites for hydroxylation is 2. The van der Waals surface area contributed by atoms with Crippen LogP contribution >= 0.6 is 15.9 Å². The summed E-state index contributed by atoms with van der Waals surface area (Å²) in [5, 5.41) is 0. The summed E-state index contributed by atoms with van der Waals surface area (Å²) >= 11 is 3.42. The molecule has 0 radical (unpaired) electrons. The van der Waals surface area contributed by atoms with Gasteiger partial charge in [0.15, 0.2) is 5.78 Å². The van der Waals surface area contributed by atoms with E-state index < -0.39 is 0 Å². The maximum Gasteiger partial charge on any atom is 0.193 e. The summed E-state index contributed by atoms with van der Waals surface area (Å²) in [6.07, 6.45) is 2.19. The van der Waals surface area contributed by atoms with Crippen molar-refractivity contribution in [3.63, 3.8) is 0 Å². The van der Waals surface area contributed by atoms with E-state index in [4.69, 9.17) is 0 Å². The fourth-order valence-electron chi connectivity index (χ4n) is 2.15. The molecule has 0 fully saturated rings. The van der Waals surface area contributed by atoms with Crippen LogP contribution in [0.5, 0.6) is 0 Å². The predicted molar refractivity (Wildman–Crippen MR) is 82.7 cm³/mol. The van der Waals surface area contributed by atoms with Gasteiger partial charge in [-0.05, 0) is 42.7 Å². The molecule has 0 unspecified atom stereocenters. The van der Waals surface area contributed by atoms with Crippen molar-refractivity contribution >= 4 is 21.7 Å². The van der Waals surface area contributed by atoms with Gasteiger partial charge in [0.1, 0.15) is 0 Å². The van der Waals surface area contributed by atoms with Crippen LogP contribution in [-0.4, -0.2) is 5.78 Å². The molecule has 0 aliphatic heterocycles. The third-order valence-corrected chi connectivity index (χ3v) is 3.68. The van der Waals surface area contributed by atoms with Crippen molar-refractivity contribution in [2.75, 3.05) is 0 Å². The Labute approximate surface area is 122 Å². The van der Waals surface area contributed by atoms with Crippen LogP contribution in [0.15, 0.2) is 46.9 Å². The summed E-state index contributed by atoms with van der Waals surface area (Å²) in [5.41, 5.74) is 3.81. The fourth-order valence-corrected chi connectivity index (χ4v) is 2.62. The molecule has 0 saturated heterocycles. The third-order valence-electron chi connectivity index (χ3n) is 3.19. The van der Waals surface area contributed by atoms with Gasteiger partial charge in [0.05, 0.1) is 0 Å². The lowest BCUT2D eigenvalue weighted by molar-refractivity contribution is 0.103. The van der Waals surface area contributed by atoms with Crippen LogP contribution in [0.2, 0.25) is 0 Å². The number of benzene rings is 2. The number of carbonyl (C=O) groups excluding carboxylic acids is 1. The number of halogens is 1. The number of hydrogen-bond donors (Lipinski definition) is 0. The SMILES string of the molecule is CCCc1ccc(C(=O)c2ccc(Br)cc2C)cc1. The maximum absolute atomic E-state index is 12.4. The normalized spacial score (nSPS) is 10.5. The first-order valence-electron chi connectivity index (χ1n) is 6.51. The van der Waals surface area contributed by atoms with Crippen molar-refractivity contribution in [2.24, 2.45) is 0 Å². The topological polar surface area (TPSA) is 17.1 Å². The quantitative estimate of drug-likeness (QED) is 0.730. The van der Waals surface area contributed by atoms with E-state index in [1.165, 1.54) is 5.56 Å². The molecule has 0 N–H and O–H groups in total. The second-order valence-electron chi connectivity index (χ2n) is 4.74. The van der Waals surface area contributed by atoms with Crippen molar-refractivity contribution in [3.05, 3.63) is 69.2 Å². The molecule has 0 amide bonds. The highest BCUT2D eigenvalue weighted by atomic mass is 79.9. The average Bonchev–Trinajstić information content (AvgIpc) is 2.39. The van der Waals surface area contributed by atoms with Gasteiger partial charge in [0.2, 0.25) is 0 Å². The number of hydrogen-bond acceptors (Lipinski definition) is 1. The van der Waals surface area contributed by atoms with E-state index in [1.807, 2.05) is 49.4 Å². The van der Waals surface area contributed by atoms with E-state index in [1.54, 1.807) is 0 Å². The minimum absolute atomic E-state index is 0.0908.